The summed E-state index contributed by atoms with van der Waals surface area (Å²) in [6.07, 6.45) is 0. The fraction of sp³-hybridized carbons (Fsp3) is 0.208. The highest BCUT2D eigenvalue weighted by Gasteiger charge is 2.48. The molecule has 3 aromatic rings. The topological polar surface area (TPSA) is 79.7 Å². The van der Waals surface area contributed by atoms with E-state index in [1.807, 2.05) is 32.9 Å². The van der Waals surface area contributed by atoms with Gasteiger partial charge in [-0.15, -0.1) is 11.3 Å². The van der Waals surface area contributed by atoms with Crippen LogP contribution in [0.2, 0.25) is 0 Å². The van der Waals surface area contributed by atoms with E-state index in [2.05, 4.69) is 4.98 Å². The summed E-state index contributed by atoms with van der Waals surface area (Å²) >= 11 is 1.35. The molecule has 1 aliphatic heterocycles. The van der Waals surface area contributed by atoms with Gasteiger partial charge in [0.05, 0.1) is 24.4 Å². The molecule has 1 aliphatic rings. The Labute approximate surface area is 184 Å². The maximum absolute atomic E-state index is 13.1. The lowest BCUT2D eigenvalue weighted by molar-refractivity contribution is -0.132. The van der Waals surface area contributed by atoms with Crippen LogP contribution in [0.5, 0.6) is 5.75 Å². The minimum Gasteiger partial charge on any atom is -0.507 e. The average Bonchev–Trinajstić information content (AvgIpc) is 3.23. The fourth-order valence-electron chi connectivity index (χ4n) is 3.56. The Kier molecular flexibility index (Phi) is 5.37. The minimum absolute atomic E-state index is 0.0459. The number of hydrogen-bond donors (Lipinski definition) is 1. The molecule has 1 atom stereocenters. The van der Waals surface area contributed by atoms with Gasteiger partial charge in [-0.25, -0.2) is 4.98 Å². The van der Waals surface area contributed by atoms with Crippen molar-refractivity contribution in [2.24, 2.45) is 0 Å². The standard InChI is InChI=1S/C24H22N2O4S/c1-13-5-7-17(8-6-13)21(27)19-20(16-9-11-18(30-4)12-10-16)26(23(29)22(19)28)24-25-14(2)15(3)31-24/h5-12,20,27H,1-4H3/t20-/m1/s1. The number of aliphatic hydroxyl groups excluding tert-OH is 1. The van der Waals surface area contributed by atoms with E-state index >= 15 is 0 Å². The summed E-state index contributed by atoms with van der Waals surface area (Å²) < 4.78 is 5.24. The van der Waals surface area contributed by atoms with Crippen molar-refractivity contribution >= 4 is 33.9 Å². The highest BCUT2D eigenvalue weighted by Crippen LogP contribution is 2.43. The predicted molar refractivity (Wildman–Crippen MR) is 121 cm³/mol. The predicted octanol–water partition coefficient (Wildman–Crippen LogP) is 4.70. The first-order valence-corrected chi connectivity index (χ1v) is 10.6. The van der Waals surface area contributed by atoms with Crippen LogP contribution >= 0.6 is 11.3 Å². The van der Waals surface area contributed by atoms with Crippen LogP contribution in [0.4, 0.5) is 5.13 Å². The Hall–Kier alpha value is -3.45. The van der Waals surface area contributed by atoms with E-state index in [9.17, 15) is 14.7 Å². The summed E-state index contributed by atoms with van der Waals surface area (Å²) in [6, 6.07) is 13.5. The number of carbonyl (C=O) groups is 2. The molecule has 158 valence electrons. The molecular formula is C24H22N2O4S. The van der Waals surface area contributed by atoms with Gasteiger partial charge in [0.2, 0.25) is 0 Å². The first-order valence-electron chi connectivity index (χ1n) is 9.78. The number of aromatic nitrogens is 1. The highest BCUT2D eigenvalue weighted by atomic mass is 32.1. The third-order valence-corrected chi connectivity index (χ3v) is 6.50. The normalized spacial score (nSPS) is 17.9. The van der Waals surface area contributed by atoms with Gasteiger partial charge in [-0.1, -0.05) is 42.0 Å². The van der Waals surface area contributed by atoms with Crippen molar-refractivity contribution in [1.29, 1.82) is 0 Å². The van der Waals surface area contributed by atoms with E-state index in [4.69, 9.17) is 4.74 Å². The summed E-state index contributed by atoms with van der Waals surface area (Å²) in [5.41, 5.74) is 3.03. The van der Waals surface area contributed by atoms with Crippen molar-refractivity contribution < 1.29 is 19.4 Å². The minimum atomic E-state index is -0.794. The Balaban J connectivity index is 1.93. The van der Waals surface area contributed by atoms with Crippen molar-refractivity contribution in [2.75, 3.05) is 12.0 Å². The van der Waals surface area contributed by atoms with Crippen LogP contribution in [0.3, 0.4) is 0 Å². The Morgan fingerprint density at radius 3 is 2.23 bits per heavy atom. The molecule has 0 aliphatic carbocycles. The van der Waals surface area contributed by atoms with Crippen molar-refractivity contribution in [2.45, 2.75) is 26.8 Å². The lowest BCUT2D eigenvalue weighted by Crippen LogP contribution is -2.29. The van der Waals surface area contributed by atoms with E-state index in [1.54, 1.807) is 43.5 Å². The molecule has 0 bridgehead atoms. The number of anilines is 1. The number of nitrogens with zero attached hydrogens (tertiary/aromatic N) is 2. The third kappa shape index (κ3) is 3.61. The smallest absolute Gasteiger partial charge is 0.301 e. The molecule has 1 amide bonds. The quantitative estimate of drug-likeness (QED) is 0.366. The molecule has 1 aromatic heterocycles. The molecule has 1 N–H and O–H groups in total. The summed E-state index contributed by atoms with van der Waals surface area (Å²) in [6.45, 7) is 5.72. The molecule has 31 heavy (non-hydrogen) atoms. The number of Topliss-reactive ketones (excluding diaryl/α,β-unsaturated/α-hetero) is 1. The van der Waals surface area contributed by atoms with Crippen LogP contribution in [-0.4, -0.2) is 28.9 Å². The van der Waals surface area contributed by atoms with E-state index < -0.39 is 17.7 Å². The lowest BCUT2D eigenvalue weighted by Gasteiger charge is -2.23. The van der Waals surface area contributed by atoms with Gasteiger partial charge in [-0.2, -0.15) is 0 Å². The van der Waals surface area contributed by atoms with Gasteiger partial charge in [-0.3, -0.25) is 14.5 Å². The molecule has 0 saturated carbocycles. The zero-order valence-corrected chi connectivity index (χ0v) is 18.5. The molecule has 1 fully saturated rings. The molecule has 1 saturated heterocycles. The maximum atomic E-state index is 13.1. The monoisotopic (exact) mass is 434 g/mol. The Morgan fingerprint density at radius 1 is 1.03 bits per heavy atom. The first-order chi connectivity index (χ1) is 14.8. The number of amides is 1. The second kappa shape index (κ2) is 8.00. The number of aliphatic hydroxyl groups is 1. The molecule has 0 radical (unpaired) electrons. The van der Waals surface area contributed by atoms with Gasteiger partial charge in [0, 0.05) is 10.4 Å². The van der Waals surface area contributed by atoms with Crippen molar-refractivity contribution in [3.8, 4) is 5.75 Å². The largest absolute Gasteiger partial charge is 0.507 e. The second-order valence-corrected chi connectivity index (χ2v) is 8.63. The van der Waals surface area contributed by atoms with Crippen molar-refractivity contribution in [3.63, 3.8) is 0 Å². The second-order valence-electron chi connectivity index (χ2n) is 7.45. The number of ketones is 1. The first kappa shape index (κ1) is 20.8. The molecule has 4 rings (SSSR count). The Bertz CT molecular complexity index is 1170. The number of aryl methyl sites for hydroxylation is 3. The van der Waals surface area contributed by atoms with E-state index in [-0.39, 0.29) is 11.3 Å². The van der Waals surface area contributed by atoms with Crippen molar-refractivity contribution in [3.05, 3.63) is 81.4 Å². The van der Waals surface area contributed by atoms with E-state index in [0.29, 0.717) is 22.0 Å². The molecule has 2 heterocycles. The molecule has 0 unspecified atom stereocenters. The number of carbonyl (C=O) groups excluding carboxylic acids is 2. The van der Waals surface area contributed by atoms with Crippen LogP contribution in [-0.2, 0) is 9.59 Å². The Morgan fingerprint density at radius 2 is 1.68 bits per heavy atom. The number of ether oxygens (including phenoxy) is 1. The van der Waals surface area contributed by atoms with Gasteiger partial charge >= 0.3 is 5.91 Å². The third-order valence-electron chi connectivity index (χ3n) is 5.42. The average molecular weight is 435 g/mol. The zero-order valence-electron chi connectivity index (χ0n) is 17.7. The fourth-order valence-corrected chi connectivity index (χ4v) is 4.49. The molecule has 2 aromatic carbocycles. The molecular weight excluding hydrogens is 412 g/mol. The van der Waals surface area contributed by atoms with Crippen LogP contribution in [0.1, 0.15) is 33.3 Å². The van der Waals surface area contributed by atoms with E-state index in [0.717, 1.165) is 16.1 Å². The molecule has 6 nitrogen and oxygen atoms in total. The number of thiazole rings is 1. The number of benzene rings is 2. The summed E-state index contributed by atoms with van der Waals surface area (Å²) in [7, 11) is 1.57. The van der Waals surface area contributed by atoms with E-state index in [1.165, 1.54) is 16.2 Å². The molecule has 7 heteroatoms. The van der Waals surface area contributed by atoms with Crippen LogP contribution < -0.4 is 9.64 Å². The van der Waals surface area contributed by atoms with Gasteiger partial charge in [-0.05, 0) is 38.5 Å². The van der Waals surface area contributed by atoms with Crippen LogP contribution in [0.25, 0.3) is 5.76 Å². The van der Waals surface area contributed by atoms with Gasteiger partial charge in [0.15, 0.2) is 5.13 Å². The lowest BCUT2D eigenvalue weighted by atomic mass is 9.95. The summed E-state index contributed by atoms with van der Waals surface area (Å²) in [5.74, 6) is -0.987. The zero-order chi connectivity index (χ0) is 22.3. The number of rotatable bonds is 4. The number of hydrogen-bond acceptors (Lipinski definition) is 6. The van der Waals surface area contributed by atoms with Gasteiger partial charge in [0.1, 0.15) is 11.5 Å². The maximum Gasteiger partial charge on any atom is 0.301 e. The van der Waals surface area contributed by atoms with Crippen LogP contribution in [0.15, 0.2) is 54.1 Å². The van der Waals surface area contributed by atoms with Crippen LogP contribution in [0, 0.1) is 20.8 Å². The van der Waals surface area contributed by atoms with Gasteiger partial charge in [0.25, 0.3) is 5.78 Å². The van der Waals surface area contributed by atoms with Gasteiger partial charge < -0.3 is 9.84 Å². The summed E-state index contributed by atoms with van der Waals surface area (Å²) in [5, 5.41) is 11.5. The summed E-state index contributed by atoms with van der Waals surface area (Å²) in [4.78, 5) is 33.1. The molecule has 0 spiro atoms. The highest BCUT2D eigenvalue weighted by molar-refractivity contribution is 7.16. The SMILES string of the molecule is COc1ccc([C@@H]2C(=C(O)c3ccc(C)cc3)C(=O)C(=O)N2c2nc(C)c(C)s2)cc1. The number of methoxy groups -OCH3 is 1. The van der Waals surface area contributed by atoms with Crippen molar-refractivity contribution in [1.82, 2.24) is 4.98 Å².